The van der Waals surface area contributed by atoms with Gasteiger partial charge in [0.15, 0.2) is 21.3 Å². The van der Waals surface area contributed by atoms with Crippen LogP contribution in [0.3, 0.4) is 0 Å². The molecule has 1 fully saturated rings. The van der Waals surface area contributed by atoms with Gasteiger partial charge in [-0.2, -0.15) is 4.31 Å². The van der Waals surface area contributed by atoms with E-state index in [4.69, 9.17) is 9.47 Å². The highest BCUT2D eigenvalue weighted by atomic mass is 32.2. The summed E-state index contributed by atoms with van der Waals surface area (Å²) in [6, 6.07) is 1.29. The Morgan fingerprint density at radius 3 is 2.29 bits per heavy atom. The lowest BCUT2D eigenvalue weighted by molar-refractivity contribution is 0.343. The second-order valence-electron chi connectivity index (χ2n) is 5.40. The van der Waals surface area contributed by atoms with Crippen LogP contribution in [0.15, 0.2) is 17.0 Å². The quantitative estimate of drug-likeness (QED) is 0.731. The van der Waals surface area contributed by atoms with E-state index in [9.17, 15) is 21.2 Å². The monoisotopic (exact) mass is 381 g/mol. The van der Waals surface area contributed by atoms with Crippen LogP contribution in [0.4, 0.5) is 4.39 Å². The zero-order valence-corrected chi connectivity index (χ0v) is 15.3. The molecule has 0 saturated carbocycles. The Bertz CT molecular complexity index is 822. The van der Waals surface area contributed by atoms with Gasteiger partial charge in [0.25, 0.3) is 0 Å². The molecule has 1 aromatic carbocycles. The van der Waals surface area contributed by atoms with Crippen molar-refractivity contribution in [3.8, 4) is 11.5 Å². The summed E-state index contributed by atoms with van der Waals surface area (Å²) in [5.74, 6) is -1.16. The SMILES string of the molecule is CCN(C1CCS(=O)(=O)C1)S(=O)(=O)c1cc(OC)c(OC)cc1F. The van der Waals surface area contributed by atoms with Gasteiger partial charge < -0.3 is 9.47 Å². The minimum atomic E-state index is -4.21. The Balaban J connectivity index is 2.49. The zero-order chi connectivity index (χ0) is 18.1. The average molecular weight is 381 g/mol. The molecule has 0 aliphatic carbocycles. The predicted molar refractivity (Wildman–Crippen MR) is 86.1 cm³/mol. The molecular weight excluding hydrogens is 361 g/mol. The molecule has 0 aromatic heterocycles. The molecular formula is C14H20FNO6S2. The van der Waals surface area contributed by atoms with Gasteiger partial charge in [-0.3, -0.25) is 0 Å². The second-order valence-corrected chi connectivity index (χ2v) is 9.49. The van der Waals surface area contributed by atoms with Gasteiger partial charge in [-0.05, 0) is 6.42 Å². The molecule has 1 aliphatic rings. The summed E-state index contributed by atoms with van der Waals surface area (Å²) in [5, 5.41) is 0. The number of methoxy groups -OCH3 is 2. The van der Waals surface area contributed by atoms with Crippen LogP contribution in [0.5, 0.6) is 11.5 Å². The van der Waals surface area contributed by atoms with Crippen LogP contribution in [0.1, 0.15) is 13.3 Å². The molecule has 24 heavy (non-hydrogen) atoms. The molecule has 0 amide bonds. The first-order chi connectivity index (χ1) is 11.2. The molecule has 1 heterocycles. The molecule has 0 N–H and O–H groups in total. The van der Waals surface area contributed by atoms with Gasteiger partial charge in [-0.25, -0.2) is 21.2 Å². The van der Waals surface area contributed by atoms with Gasteiger partial charge in [0, 0.05) is 24.7 Å². The molecule has 1 unspecified atom stereocenters. The smallest absolute Gasteiger partial charge is 0.246 e. The summed E-state index contributed by atoms with van der Waals surface area (Å²) in [5.41, 5.74) is 0. The van der Waals surface area contributed by atoms with Crippen molar-refractivity contribution >= 4 is 19.9 Å². The molecule has 1 atom stereocenters. The first kappa shape index (κ1) is 18.9. The topological polar surface area (TPSA) is 90.0 Å². The third kappa shape index (κ3) is 3.50. The highest BCUT2D eigenvalue weighted by Crippen LogP contribution is 2.34. The zero-order valence-electron chi connectivity index (χ0n) is 13.7. The van der Waals surface area contributed by atoms with Crippen molar-refractivity contribution in [1.29, 1.82) is 0 Å². The third-order valence-electron chi connectivity index (χ3n) is 3.95. The number of rotatable bonds is 6. The number of nitrogens with zero attached hydrogens (tertiary/aromatic N) is 1. The Labute approximate surface area is 141 Å². The largest absolute Gasteiger partial charge is 0.493 e. The van der Waals surface area contributed by atoms with Gasteiger partial charge >= 0.3 is 0 Å². The van der Waals surface area contributed by atoms with E-state index in [-0.39, 0.29) is 36.0 Å². The molecule has 10 heteroatoms. The van der Waals surface area contributed by atoms with Crippen LogP contribution in [0.25, 0.3) is 0 Å². The van der Waals surface area contributed by atoms with Crippen LogP contribution in [-0.2, 0) is 19.9 Å². The van der Waals surface area contributed by atoms with E-state index in [2.05, 4.69) is 0 Å². The fraction of sp³-hybridized carbons (Fsp3) is 0.571. The Kier molecular flexibility index (Phi) is 5.41. The van der Waals surface area contributed by atoms with Crippen LogP contribution in [-0.4, -0.2) is 59.5 Å². The van der Waals surface area contributed by atoms with Crippen LogP contribution >= 0.6 is 0 Å². The lowest BCUT2D eigenvalue weighted by Gasteiger charge is -2.26. The van der Waals surface area contributed by atoms with Gasteiger partial charge in [-0.1, -0.05) is 6.92 Å². The number of benzene rings is 1. The summed E-state index contributed by atoms with van der Waals surface area (Å²) < 4.78 is 74.3. The molecule has 1 aliphatic heterocycles. The van der Waals surface area contributed by atoms with Gasteiger partial charge in [0.05, 0.1) is 25.7 Å². The second kappa shape index (κ2) is 6.85. The van der Waals surface area contributed by atoms with Crippen molar-refractivity contribution in [3.63, 3.8) is 0 Å². The summed E-state index contributed by atoms with van der Waals surface area (Å²) in [7, 11) is -4.86. The summed E-state index contributed by atoms with van der Waals surface area (Å²) >= 11 is 0. The highest BCUT2D eigenvalue weighted by Gasteiger charge is 2.39. The van der Waals surface area contributed by atoms with E-state index in [0.717, 1.165) is 16.4 Å². The minimum absolute atomic E-state index is 0.0380. The fourth-order valence-electron chi connectivity index (χ4n) is 2.79. The molecule has 2 rings (SSSR count). The number of ether oxygens (including phenoxy) is 2. The molecule has 0 bridgehead atoms. The van der Waals surface area contributed by atoms with Crippen LogP contribution in [0, 0.1) is 5.82 Å². The van der Waals surface area contributed by atoms with E-state index in [1.165, 1.54) is 14.2 Å². The molecule has 1 saturated heterocycles. The molecule has 0 spiro atoms. The van der Waals surface area contributed by atoms with Crippen molar-refractivity contribution in [2.24, 2.45) is 0 Å². The molecule has 0 radical (unpaired) electrons. The maximum absolute atomic E-state index is 14.3. The van der Waals surface area contributed by atoms with Crippen molar-refractivity contribution in [2.75, 3.05) is 32.3 Å². The number of sulfone groups is 1. The lowest BCUT2D eigenvalue weighted by Crippen LogP contribution is -2.41. The van der Waals surface area contributed by atoms with Crippen molar-refractivity contribution in [1.82, 2.24) is 4.31 Å². The van der Waals surface area contributed by atoms with E-state index < -0.39 is 36.6 Å². The van der Waals surface area contributed by atoms with Crippen molar-refractivity contribution < 1.29 is 30.7 Å². The Morgan fingerprint density at radius 2 is 1.83 bits per heavy atom. The van der Waals surface area contributed by atoms with Crippen molar-refractivity contribution in [3.05, 3.63) is 17.9 Å². The Hall–Kier alpha value is -1.39. The third-order valence-corrected chi connectivity index (χ3v) is 7.74. The highest BCUT2D eigenvalue weighted by molar-refractivity contribution is 7.92. The number of sulfonamides is 1. The van der Waals surface area contributed by atoms with Gasteiger partial charge in [-0.15, -0.1) is 0 Å². The fourth-order valence-corrected chi connectivity index (χ4v) is 6.34. The molecule has 136 valence electrons. The minimum Gasteiger partial charge on any atom is -0.493 e. The molecule has 7 nitrogen and oxygen atoms in total. The Morgan fingerprint density at radius 1 is 1.25 bits per heavy atom. The normalized spacial score (nSPS) is 20.3. The van der Waals surface area contributed by atoms with E-state index >= 15 is 0 Å². The van der Waals surface area contributed by atoms with Crippen molar-refractivity contribution in [2.45, 2.75) is 24.3 Å². The van der Waals surface area contributed by atoms with Gasteiger partial charge in [0.2, 0.25) is 10.0 Å². The number of hydrogen-bond acceptors (Lipinski definition) is 6. The molecule has 1 aromatic rings. The average Bonchev–Trinajstić information content (AvgIpc) is 2.86. The standard InChI is InChI=1S/C14H20FNO6S2/c1-4-16(10-5-6-23(17,18)9-10)24(19,20)14-8-13(22-3)12(21-2)7-11(14)15/h7-8,10H,4-6,9H2,1-3H3. The maximum Gasteiger partial charge on any atom is 0.246 e. The van der Waals surface area contributed by atoms with Crippen LogP contribution in [0.2, 0.25) is 0 Å². The van der Waals surface area contributed by atoms with Gasteiger partial charge in [0.1, 0.15) is 10.7 Å². The number of hydrogen-bond donors (Lipinski definition) is 0. The first-order valence-corrected chi connectivity index (χ1v) is 10.6. The first-order valence-electron chi connectivity index (χ1n) is 7.30. The number of halogens is 1. The maximum atomic E-state index is 14.3. The predicted octanol–water partition coefficient (Wildman–Crippen LogP) is 1.04. The van der Waals surface area contributed by atoms with Crippen LogP contribution < -0.4 is 9.47 Å². The summed E-state index contributed by atoms with van der Waals surface area (Å²) in [6.45, 7) is 1.62. The summed E-state index contributed by atoms with van der Waals surface area (Å²) in [4.78, 5) is -0.564. The van der Waals surface area contributed by atoms with E-state index in [1.807, 2.05) is 0 Å². The lowest BCUT2D eigenvalue weighted by atomic mass is 10.3. The van der Waals surface area contributed by atoms with E-state index in [1.54, 1.807) is 6.92 Å². The summed E-state index contributed by atoms with van der Waals surface area (Å²) in [6.07, 6.45) is 0.199. The van der Waals surface area contributed by atoms with E-state index in [0.29, 0.717) is 0 Å².